The van der Waals surface area contributed by atoms with E-state index < -0.39 is 24.2 Å². The summed E-state index contributed by atoms with van der Waals surface area (Å²) in [5.74, 6) is -2.33. The molecule has 30 heavy (non-hydrogen) atoms. The van der Waals surface area contributed by atoms with Crippen molar-refractivity contribution < 1.29 is 27.8 Å². The highest BCUT2D eigenvalue weighted by Crippen LogP contribution is 2.35. The zero-order valence-corrected chi connectivity index (χ0v) is 18.1. The van der Waals surface area contributed by atoms with Crippen molar-refractivity contribution in [2.75, 3.05) is 26.4 Å². The van der Waals surface area contributed by atoms with E-state index in [-0.39, 0.29) is 18.3 Å². The molecule has 0 amide bonds. The van der Waals surface area contributed by atoms with Crippen molar-refractivity contribution in [2.45, 2.75) is 39.5 Å². The second-order valence-electron chi connectivity index (χ2n) is 7.82. The first-order valence-electron chi connectivity index (χ1n) is 10.2. The highest BCUT2D eigenvalue weighted by molar-refractivity contribution is 7.09. The summed E-state index contributed by atoms with van der Waals surface area (Å²) < 4.78 is 44.0. The first kappa shape index (κ1) is 22.6. The van der Waals surface area contributed by atoms with E-state index in [1.54, 1.807) is 5.38 Å². The second kappa shape index (κ2) is 10.8. The largest absolute Gasteiger partial charge is 0.478 e. The molecule has 3 rings (SSSR count). The van der Waals surface area contributed by atoms with E-state index in [0.29, 0.717) is 17.2 Å². The van der Waals surface area contributed by atoms with Gasteiger partial charge in [0.2, 0.25) is 5.82 Å². The van der Waals surface area contributed by atoms with Gasteiger partial charge in [0.25, 0.3) is 0 Å². The summed E-state index contributed by atoms with van der Waals surface area (Å²) in [5.41, 5.74) is 0.825. The number of carbonyl (C=O) groups excluding carboxylic acids is 1. The van der Waals surface area contributed by atoms with E-state index in [0.717, 1.165) is 50.0 Å². The molecule has 1 aromatic heterocycles. The molecular weight excluding hydrogens is 412 g/mol. The van der Waals surface area contributed by atoms with Crippen molar-refractivity contribution in [2.24, 2.45) is 11.8 Å². The summed E-state index contributed by atoms with van der Waals surface area (Å²) >= 11 is 1.48. The van der Waals surface area contributed by atoms with Gasteiger partial charge in [-0.05, 0) is 49.7 Å². The van der Waals surface area contributed by atoms with Crippen LogP contribution in [0, 0.1) is 23.5 Å². The van der Waals surface area contributed by atoms with Gasteiger partial charge in [-0.2, -0.15) is 4.39 Å². The molecule has 2 heterocycles. The summed E-state index contributed by atoms with van der Waals surface area (Å²) in [5, 5.41) is 2.74. The Hall–Kier alpha value is -2.06. The number of ether oxygens (including phenoxy) is 3. The van der Waals surface area contributed by atoms with Crippen LogP contribution in [0.25, 0.3) is 11.3 Å². The molecule has 0 atom stereocenters. The summed E-state index contributed by atoms with van der Waals surface area (Å²) in [6.07, 6.45) is 3.98. The van der Waals surface area contributed by atoms with Crippen molar-refractivity contribution in [1.82, 2.24) is 4.98 Å². The smallest absolute Gasteiger partial charge is 0.344 e. The standard InChI is InChI=1S/C22H27F2NO4S/c1-14(2)11-28-20(26)12-29-22-16(4-5-17(23)21(22)24)18-13-30-19(25-18)6-3-15-7-9-27-10-8-15/h4-5,13-15H,3,6-12H2,1-2H3. The quantitative estimate of drug-likeness (QED) is 0.513. The Morgan fingerprint density at radius 3 is 2.80 bits per heavy atom. The van der Waals surface area contributed by atoms with Crippen LogP contribution >= 0.6 is 11.3 Å². The van der Waals surface area contributed by atoms with Crippen LogP contribution in [0.15, 0.2) is 17.5 Å². The summed E-state index contributed by atoms with van der Waals surface area (Å²) in [4.78, 5) is 16.4. The van der Waals surface area contributed by atoms with Crippen molar-refractivity contribution >= 4 is 17.3 Å². The van der Waals surface area contributed by atoms with Gasteiger partial charge in [0.15, 0.2) is 18.2 Å². The lowest BCUT2D eigenvalue weighted by Crippen LogP contribution is -2.18. The fourth-order valence-electron chi connectivity index (χ4n) is 3.22. The van der Waals surface area contributed by atoms with E-state index in [9.17, 15) is 13.6 Å². The van der Waals surface area contributed by atoms with E-state index in [1.807, 2.05) is 13.8 Å². The maximum absolute atomic E-state index is 14.4. The van der Waals surface area contributed by atoms with Gasteiger partial charge < -0.3 is 14.2 Å². The Balaban J connectivity index is 1.68. The van der Waals surface area contributed by atoms with Crippen LogP contribution < -0.4 is 4.74 Å². The minimum Gasteiger partial charge on any atom is -0.478 e. The average molecular weight is 440 g/mol. The minimum atomic E-state index is -1.14. The van der Waals surface area contributed by atoms with E-state index in [4.69, 9.17) is 14.2 Å². The van der Waals surface area contributed by atoms with Crippen molar-refractivity contribution in [3.63, 3.8) is 0 Å². The number of benzene rings is 1. The lowest BCUT2D eigenvalue weighted by Gasteiger charge is -2.21. The van der Waals surface area contributed by atoms with E-state index >= 15 is 0 Å². The molecule has 8 heteroatoms. The van der Waals surface area contributed by atoms with Gasteiger partial charge >= 0.3 is 5.97 Å². The molecule has 1 aromatic carbocycles. The van der Waals surface area contributed by atoms with Gasteiger partial charge in [-0.3, -0.25) is 0 Å². The highest BCUT2D eigenvalue weighted by Gasteiger charge is 2.20. The monoisotopic (exact) mass is 439 g/mol. The number of halogens is 2. The number of nitrogens with zero attached hydrogens (tertiary/aromatic N) is 1. The number of aromatic nitrogens is 1. The van der Waals surface area contributed by atoms with Gasteiger partial charge in [-0.15, -0.1) is 11.3 Å². The summed E-state index contributed by atoms with van der Waals surface area (Å²) in [7, 11) is 0. The third-order valence-corrected chi connectivity index (χ3v) is 5.81. The Labute approximate surface area is 179 Å². The van der Waals surface area contributed by atoms with Gasteiger partial charge in [-0.25, -0.2) is 14.2 Å². The van der Waals surface area contributed by atoms with Crippen molar-refractivity contribution in [3.05, 3.63) is 34.2 Å². The molecule has 0 unspecified atom stereocenters. The van der Waals surface area contributed by atoms with Crippen LogP contribution in [0.4, 0.5) is 8.78 Å². The lowest BCUT2D eigenvalue weighted by atomic mass is 9.95. The minimum absolute atomic E-state index is 0.171. The third kappa shape index (κ3) is 6.22. The first-order chi connectivity index (χ1) is 14.4. The molecule has 164 valence electrons. The zero-order valence-electron chi connectivity index (χ0n) is 17.3. The molecule has 1 fully saturated rings. The number of hydrogen-bond donors (Lipinski definition) is 0. The number of hydrogen-bond acceptors (Lipinski definition) is 6. The second-order valence-corrected chi connectivity index (χ2v) is 8.77. The van der Waals surface area contributed by atoms with Gasteiger partial charge in [0.1, 0.15) is 0 Å². The molecule has 5 nitrogen and oxygen atoms in total. The first-order valence-corrected chi connectivity index (χ1v) is 11.1. The van der Waals surface area contributed by atoms with Crippen LogP contribution in [0.5, 0.6) is 5.75 Å². The Kier molecular flexibility index (Phi) is 8.16. The highest BCUT2D eigenvalue weighted by atomic mass is 32.1. The number of aryl methyl sites for hydroxylation is 1. The molecule has 0 saturated carbocycles. The lowest BCUT2D eigenvalue weighted by molar-refractivity contribution is -0.147. The van der Waals surface area contributed by atoms with Crippen LogP contribution in [-0.2, 0) is 20.7 Å². The molecular formula is C22H27F2NO4S. The van der Waals surface area contributed by atoms with Gasteiger partial charge in [-0.1, -0.05) is 13.8 Å². The maximum atomic E-state index is 14.4. The van der Waals surface area contributed by atoms with Crippen molar-refractivity contribution in [3.8, 4) is 17.0 Å². The Morgan fingerprint density at radius 1 is 1.30 bits per heavy atom. The number of rotatable bonds is 9. The summed E-state index contributed by atoms with van der Waals surface area (Å²) in [6, 6.07) is 2.46. The topological polar surface area (TPSA) is 57.7 Å². The maximum Gasteiger partial charge on any atom is 0.344 e. The Morgan fingerprint density at radius 2 is 2.07 bits per heavy atom. The third-order valence-electron chi connectivity index (χ3n) is 4.90. The molecule has 0 spiro atoms. The average Bonchev–Trinajstić information content (AvgIpc) is 3.21. The SMILES string of the molecule is CC(C)COC(=O)COc1c(-c2csc(CCC3CCOCC3)n2)ccc(F)c1F. The predicted octanol–water partition coefficient (Wildman–Crippen LogP) is 5.03. The molecule has 0 N–H and O–H groups in total. The number of thiazole rings is 1. The van der Waals surface area contributed by atoms with Crippen LogP contribution in [0.1, 0.15) is 38.1 Å². The fraction of sp³-hybridized carbons (Fsp3) is 0.545. The van der Waals surface area contributed by atoms with Gasteiger partial charge in [0, 0.05) is 24.2 Å². The molecule has 1 aliphatic rings. The summed E-state index contributed by atoms with van der Waals surface area (Å²) in [6.45, 7) is 5.16. The Bertz CT molecular complexity index is 850. The molecule has 0 aliphatic carbocycles. The van der Waals surface area contributed by atoms with E-state index in [2.05, 4.69) is 4.98 Å². The zero-order chi connectivity index (χ0) is 21.5. The number of esters is 1. The van der Waals surface area contributed by atoms with E-state index in [1.165, 1.54) is 17.4 Å². The molecule has 0 bridgehead atoms. The molecule has 2 aromatic rings. The normalized spacial score (nSPS) is 14.8. The van der Waals surface area contributed by atoms with Crippen molar-refractivity contribution in [1.29, 1.82) is 0 Å². The predicted molar refractivity (Wildman–Crippen MR) is 111 cm³/mol. The fourth-order valence-corrected chi connectivity index (χ4v) is 4.03. The molecule has 1 saturated heterocycles. The van der Waals surface area contributed by atoms with Crippen LogP contribution in [-0.4, -0.2) is 37.4 Å². The number of carbonyl (C=O) groups is 1. The molecule has 1 aliphatic heterocycles. The van der Waals surface area contributed by atoms with Gasteiger partial charge in [0.05, 0.1) is 17.3 Å². The molecule has 0 radical (unpaired) electrons. The van der Waals surface area contributed by atoms with Crippen LogP contribution in [0.3, 0.4) is 0 Å². The van der Waals surface area contributed by atoms with Crippen LogP contribution in [0.2, 0.25) is 0 Å².